The van der Waals surface area contributed by atoms with Crippen molar-refractivity contribution >= 4 is 11.9 Å². The number of rotatable bonds is 8. The van der Waals surface area contributed by atoms with E-state index in [9.17, 15) is 9.59 Å². The van der Waals surface area contributed by atoms with Crippen molar-refractivity contribution in [2.45, 2.75) is 19.9 Å². The van der Waals surface area contributed by atoms with Crippen LogP contribution in [-0.2, 0) is 20.9 Å². The molecule has 0 fully saturated rings. The predicted octanol–water partition coefficient (Wildman–Crippen LogP) is 0.846. The number of esters is 1. The Morgan fingerprint density at radius 3 is 2.95 bits per heavy atom. The molecule has 1 rings (SSSR count). The molecule has 112 valence electrons. The van der Waals surface area contributed by atoms with E-state index in [0.29, 0.717) is 12.4 Å². The topological polar surface area (TPSA) is 104 Å². The molecule has 1 heterocycles. The first-order valence-electron chi connectivity index (χ1n) is 6.47. The van der Waals surface area contributed by atoms with Crippen molar-refractivity contribution in [2.24, 2.45) is 0 Å². The van der Waals surface area contributed by atoms with Crippen molar-refractivity contribution in [3.63, 3.8) is 0 Å². The summed E-state index contributed by atoms with van der Waals surface area (Å²) in [6.07, 6.45) is 2.94. The number of nitriles is 1. The summed E-state index contributed by atoms with van der Waals surface area (Å²) >= 11 is 0. The van der Waals surface area contributed by atoms with E-state index in [1.54, 1.807) is 25.1 Å². The number of furan rings is 1. The number of ether oxygens (including phenoxy) is 1. The zero-order chi connectivity index (χ0) is 15.5. The monoisotopic (exact) mass is 291 g/mol. The van der Waals surface area contributed by atoms with Gasteiger partial charge in [0.1, 0.15) is 17.4 Å². The molecule has 0 saturated carbocycles. The first-order chi connectivity index (χ1) is 10.2. The van der Waals surface area contributed by atoms with E-state index < -0.39 is 5.91 Å². The van der Waals surface area contributed by atoms with E-state index in [0.717, 1.165) is 0 Å². The molecular formula is C14H17N3O4. The van der Waals surface area contributed by atoms with Crippen LogP contribution in [0.2, 0.25) is 0 Å². The first kappa shape index (κ1) is 16.3. The van der Waals surface area contributed by atoms with E-state index in [4.69, 9.17) is 14.4 Å². The predicted molar refractivity (Wildman–Crippen MR) is 73.5 cm³/mol. The molecule has 7 heteroatoms. The Balaban J connectivity index is 2.35. The third kappa shape index (κ3) is 6.29. The lowest BCUT2D eigenvalue weighted by molar-refractivity contribution is -0.142. The molecular weight excluding hydrogens is 274 g/mol. The molecule has 1 amide bonds. The normalized spacial score (nSPS) is 10.6. The molecule has 0 unspecified atom stereocenters. The average molecular weight is 291 g/mol. The van der Waals surface area contributed by atoms with Gasteiger partial charge in [0.05, 0.1) is 25.8 Å². The van der Waals surface area contributed by atoms with Crippen molar-refractivity contribution in [1.29, 1.82) is 5.26 Å². The molecule has 0 atom stereocenters. The molecule has 0 radical (unpaired) electrons. The van der Waals surface area contributed by atoms with Gasteiger partial charge in [0.15, 0.2) is 0 Å². The zero-order valence-corrected chi connectivity index (χ0v) is 11.7. The zero-order valence-electron chi connectivity index (χ0n) is 11.7. The highest BCUT2D eigenvalue weighted by molar-refractivity contribution is 5.97. The Bertz CT molecular complexity index is 529. The third-order valence-corrected chi connectivity index (χ3v) is 2.39. The molecule has 0 saturated heterocycles. The highest BCUT2D eigenvalue weighted by atomic mass is 16.5. The van der Waals surface area contributed by atoms with Gasteiger partial charge >= 0.3 is 5.97 Å². The van der Waals surface area contributed by atoms with Crippen molar-refractivity contribution in [1.82, 2.24) is 10.6 Å². The Hall–Kier alpha value is -2.75. The molecule has 0 spiro atoms. The fourth-order valence-corrected chi connectivity index (χ4v) is 1.41. The molecule has 21 heavy (non-hydrogen) atoms. The summed E-state index contributed by atoms with van der Waals surface area (Å²) in [6.45, 7) is 2.54. The second kappa shape index (κ2) is 9.20. The van der Waals surface area contributed by atoms with Crippen molar-refractivity contribution < 1.29 is 18.7 Å². The van der Waals surface area contributed by atoms with Crippen LogP contribution in [0.1, 0.15) is 19.1 Å². The van der Waals surface area contributed by atoms with E-state index in [1.165, 1.54) is 12.5 Å². The largest absolute Gasteiger partial charge is 0.467 e. The minimum Gasteiger partial charge on any atom is -0.467 e. The molecule has 0 aliphatic rings. The number of hydrogen-bond donors (Lipinski definition) is 2. The highest BCUT2D eigenvalue weighted by Gasteiger charge is 2.09. The fourth-order valence-electron chi connectivity index (χ4n) is 1.41. The highest BCUT2D eigenvalue weighted by Crippen LogP contribution is 1.99. The van der Waals surface area contributed by atoms with Crippen molar-refractivity contribution in [2.75, 3.05) is 13.2 Å². The molecule has 2 N–H and O–H groups in total. The maximum absolute atomic E-state index is 11.7. The summed E-state index contributed by atoms with van der Waals surface area (Å²) in [5.41, 5.74) is -0.0783. The first-order valence-corrected chi connectivity index (χ1v) is 6.47. The second-order valence-corrected chi connectivity index (χ2v) is 3.94. The third-order valence-electron chi connectivity index (χ3n) is 2.39. The molecule has 0 aliphatic carbocycles. The SMILES string of the molecule is CCOC(=O)CCN/C=C(/C#N)C(=O)NCc1ccco1. The smallest absolute Gasteiger partial charge is 0.307 e. The van der Waals surface area contributed by atoms with Crippen molar-refractivity contribution in [3.05, 3.63) is 35.9 Å². The molecule has 0 aromatic carbocycles. The van der Waals surface area contributed by atoms with Gasteiger partial charge in [-0.1, -0.05) is 0 Å². The number of carbonyl (C=O) groups is 2. The molecule has 0 bridgehead atoms. The molecule has 0 aliphatic heterocycles. The van der Waals surface area contributed by atoms with Gasteiger partial charge in [0.2, 0.25) is 0 Å². The number of nitrogens with zero attached hydrogens (tertiary/aromatic N) is 1. The number of nitrogens with one attached hydrogen (secondary N) is 2. The minimum atomic E-state index is -0.516. The maximum Gasteiger partial charge on any atom is 0.307 e. The van der Waals surface area contributed by atoms with Gasteiger partial charge < -0.3 is 19.8 Å². The van der Waals surface area contributed by atoms with Crippen LogP contribution in [0, 0.1) is 11.3 Å². The number of amides is 1. The Labute approximate surface area is 122 Å². The van der Waals surface area contributed by atoms with E-state index in [2.05, 4.69) is 10.6 Å². The van der Waals surface area contributed by atoms with Crippen LogP contribution in [0.5, 0.6) is 0 Å². The second-order valence-electron chi connectivity index (χ2n) is 3.94. The van der Waals surface area contributed by atoms with Crippen molar-refractivity contribution in [3.8, 4) is 6.07 Å². The number of hydrogen-bond acceptors (Lipinski definition) is 6. The van der Waals surface area contributed by atoms with Gasteiger partial charge in [0.25, 0.3) is 5.91 Å². The van der Waals surface area contributed by atoms with Crippen LogP contribution in [0.3, 0.4) is 0 Å². The van der Waals surface area contributed by atoms with Crippen LogP contribution in [0.15, 0.2) is 34.6 Å². The lowest BCUT2D eigenvalue weighted by Crippen LogP contribution is -2.25. The molecule has 1 aromatic heterocycles. The van der Waals surface area contributed by atoms with Crippen LogP contribution >= 0.6 is 0 Å². The van der Waals surface area contributed by atoms with Gasteiger partial charge in [-0.05, 0) is 19.1 Å². The maximum atomic E-state index is 11.7. The summed E-state index contributed by atoms with van der Waals surface area (Å²) in [5, 5.41) is 14.2. The Morgan fingerprint density at radius 2 is 2.33 bits per heavy atom. The quantitative estimate of drug-likeness (QED) is 0.318. The van der Waals surface area contributed by atoms with Crippen LogP contribution in [-0.4, -0.2) is 25.0 Å². The summed E-state index contributed by atoms with van der Waals surface area (Å²) in [6, 6.07) is 5.21. The fraction of sp³-hybridized carbons (Fsp3) is 0.357. The summed E-state index contributed by atoms with van der Waals surface area (Å²) in [4.78, 5) is 22.8. The molecule has 7 nitrogen and oxygen atoms in total. The Kier molecular flexibility index (Phi) is 7.14. The van der Waals surface area contributed by atoms with Gasteiger partial charge in [-0.3, -0.25) is 9.59 Å². The summed E-state index contributed by atoms with van der Waals surface area (Å²) < 4.78 is 9.81. The van der Waals surface area contributed by atoms with Crippen LogP contribution < -0.4 is 10.6 Å². The minimum absolute atomic E-state index is 0.0783. The lowest BCUT2D eigenvalue weighted by Gasteiger charge is -2.04. The summed E-state index contributed by atoms with van der Waals surface area (Å²) in [7, 11) is 0. The van der Waals surface area contributed by atoms with Crippen LogP contribution in [0.25, 0.3) is 0 Å². The lowest BCUT2D eigenvalue weighted by atomic mass is 10.3. The van der Waals surface area contributed by atoms with E-state index in [1.807, 2.05) is 0 Å². The van der Waals surface area contributed by atoms with Gasteiger partial charge in [0, 0.05) is 12.7 Å². The standard InChI is InChI=1S/C14H17N3O4/c1-2-20-13(18)5-6-16-9-11(8-15)14(19)17-10-12-4-3-7-21-12/h3-4,7,9,16H,2,5-6,10H2,1H3,(H,17,19)/b11-9-. The molecule has 1 aromatic rings. The van der Waals surface area contributed by atoms with E-state index >= 15 is 0 Å². The number of carbonyl (C=O) groups excluding carboxylic acids is 2. The van der Waals surface area contributed by atoms with Gasteiger partial charge in [-0.15, -0.1) is 0 Å². The summed E-state index contributed by atoms with van der Waals surface area (Å²) in [5.74, 6) is -0.257. The van der Waals surface area contributed by atoms with Gasteiger partial charge in [-0.25, -0.2) is 0 Å². The van der Waals surface area contributed by atoms with E-state index in [-0.39, 0.29) is 31.1 Å². The van der Waals surface area contributed by atoms with Gasteiger partial charge in [-0.2, -0.15) is 5.26 Å². The van der Waals surface area contributed by atoms with Crippen LogP contribution in [0.4, 0.5) is 0 Å². The Morgan fingerprint density at radius 1 is 1.52 bits per heavy atom. The average Bonchev–Trinajstić information content (AvgIpc) is 2.98.